The normalized spacial score (nSPS) is 12.2. The van der Waals surface area contributed by atoms with Gasteiger partial charge in [0, 0.05) is 17.7 Å². The van der Waals surface area contributed by atoms with Crippen LogP contribution in [0.1, 0.15) is 49.7 Å². The summed E-state index contributed by atoms with van der Waals surface area (Å²) in [5, 5.41) is 2.88. The number of rotatable bonds is 6. The molecule has 0 fully saturated rings. The molecule has 1 N–H and O–H groups in total. The molecule has 1 atom stereocenters. The Bertz CT molecular complexity index is 1120. The minimum Gasteiger partial charge on any atom is -0.316 e. The van der Waals surface area contributed by atoms with Crippen LogP contribution in [0.2, 0.25) is 0 Å². The van der Waals surface area contributed by atoms with Crippen molar-refractivity contribution >= 4 is 12.4 Å². The van der Waals surface area contributed by atoms with Crippen molar-refractivity contribution < 1.29 is 22.4 Å². The second kappa shape index (κ2) is 12.3. The molecule has 0 aliphatic rings. The zero-order chi connectivity index (χ0) is 25.3. The van der Waals surface area contributed by atoms with Crippen molar-refractivity contribution in [2.75, 3.05) is 7.05 Å². The van der Waals surface area contributed by atoms with Crippen molar-refractivity contribution in [1.82, 2.24) is 5.32 Å². The molecule has 3 rings (SSSR count). The molecule has 34 heavy (non-hydrogen) atoms. The average molecular weight is 472 g/mol. The lowest BCUT2D eigenvalue weighted by molar-refractivity contribution is -0.139. The number of allylic oxidation sites excluding steroid dienone is 1. The fourth-order valence-electron chi connectivity index (χ4n) is 3.57. The predicted molar refractivity (Wildman–Crippen MR) is 129 cm³/mol. The molecule has 0 saturated carbocycles. The Balaban J connectivity index is 0.000000340. The van der Waals surface area contributed by atoms with E-state index in [1.54, 1.807) is 70.3 Å². The lowest BCUT2D eigenvalue weighted by Gasteiger charge is -2.18. The number of hydrogen-bond donors (Lipinski definition) is 1. The number of carbonyl (C=O) groups excluding carboxylic acids is 1. The van der Waals surface area contributed by atoms with E-state index in [-0.39, 0.29) is 11.4 Å². The summed E-state index contributed by atoms with van der Waals surface area (Å²) in [7, 11) is 1.80. The topological polar surface area (TPSA) is 29.1 Å². The third kappa shape index (κ3) is 7.96. The molecule has 0 aliphatic heterocycles. The molecule has 0 aromatic heterocycles. The van der Waals surface area contributed by atoms with E-state index in [0.29, 0.717) is 23.2 Å². The second-order valence-corrected chi connectivity index (χ2v) is 8.16. The summed E-state index contributed by atoms with van der Waals surface area (Å²) in [5.74, 6) is -1.81. The number of alkyl halides is 3. The van der Waals surface area contributed by atoms with Crippen molar-refractivity contribution in [3.05, 3.63) is 112 Å². The summed E-state index contributed by atoms with van der Waals surface area (Å²) in [6, 6.07) is 16.7. The molecule has 0 aliphatic carbocycles. The third-order valence-corrected chi connectivity index (χ3v) is 5.18. The second-order valence-electron chi connectivity index (χ2n) is 8.16. The summed E-state index contributed by atoms with van der Waals surface area (Å²) < 4.78 is 53.2. The van der Waals surface area contributed by atoms with Crippen molar-refractivity contribution in [2.24, 2.45) is 0 Å². The molecule has 180 valence electrons. The number of halogens is 4. The number of nitrogens with one attached hydrogen (secondary N) is 1. The maximum Gasteiger partial charge on any atom is 0.399 e. The van der Waals surface area contributed by atoms with E-state index in [9.17, 15) is 22.4 Å². The Labute approximate surface area is 198 Å². The maximum atomic E-state index is 13.5. The first-order valence-electron chi connectivity index (χ1n) is 10.8. The van der Waals surface area contributed by atoms with Gasteiger partial charge in [0.05, 0.1) is 5.92 Å². The van der Waals surface area contributed by atoms with Gasteiger partial charge in [0.2, 0.25) is 0 Å². The quantitative estimate of drug-likeness (QED) is 0.301. The molecule has 6 heteroatoms. The molecule has 3 aromatic carbocycles. The van der Waals surface area contributed by atoms with Crippen LogP contribution in [0.4, 0.5) is 17.6 Å². The Morgan fingerprint density at radius 1 is 0.941 bits per heavy atom. The van der Waals surface area contributed by atoms with Crippen LogP contribution in [-0.4, -0.2) is 19.5 Å². The molecule has 0 bridgehead atoms. The highest BCUT2D eigenvalue weighted by atomic mass is 19.4. The number of aldehydes is 1. The fourth-order valence-corrected chi connectivity index (χ4v) is 3.57. The van der Waals surface area contributed by atoms with E-state index < -0.39 is 12.1 Å². The predicted octanol–water partition coefficient (Wildman–Crippen LogP) is 7.33. The molecule has 0 radical (unpaired) electrons. The highest BCUT2D eigenvalue weighted by Gasteiger charge is 2.39. The zero-order valence-corrected chi connectivity index (χ0v) is 19.7. The van der Waals surface area contributed by atoms with Crippen LogP contribution in [-0.2, 0) is 6.54 Å². The van der Waals surface area contributed by atoms with E-state index in [2.05, 4.69) is 5.32 Å². The largest absolute Gasteiger partial charge is 0.399 e. The summed E-state index contributed by atoms with van der Waals surface area (Å²) in [4.78, 5) is 10.8. The monoisotopic (exact) mass is 471 g/mol. The van der Waals surface area contributed by atoms with Gasteiger partial charge in [-0.3, -0.25) is 4.79 Å². The van der Waals surface area contributed by atoms with Gasteiger partial charge in [0.25, 0.3) is 0 Å². The lowest BCUT2D eigenvalue weighted by atomic mass is 9.93. The van der Waals surface area contributed by atoms with E-state index in [0.717, 1.165) is 23.0 Å². The van der Waals surface area contributed by atoms with Crippen molar-refractivity contribution in [2.45, 2.75) is 39.4 Å². The number of carbonyl (C=O) groups is 1. The molecule has 0 spiro atoms. The highest BCUT2D eigenvalue weighted by molar-refractivity contribution is 5.78. The molecule has 0 saturated heterocycles. The van der Waals surface area contributed by atoms with Crippen LogP contribution < -0.4 is 5.32 Å². The summed E-state index contributed by atoms with van der Waals surface area (Å²) in [6.07, 6.45) is -1.01. The lowest BCUT2D eigenvalue weighted by Crippen LogP contribution is -2.19. The molecule has 0 heterocycles. The van der Waals surface area contributed by atoms with Gasteiger partial charge >= 0.3 is 6.18 Å². The van der Waals surface area contributed by atoms with Gasteiger partial charge in [0.15, 0.2) is 0 Å². The Morgan fingerprint density at radius 2 is 1.59 bits per heavy atom. The van der Waals surface area contributed by atoms with Crippen LogP contribution in [0.3, 0.4) is 0 Å². The molecular weight excluding hydrogens is 442 g/mol. The van der Waals surface area contributed by atoms with Gasteiger partial charge < -0.3 is 5.32 Å². The van der Waals surface area contributed by atoms with E-state index in [1.165, 1.54) is 18.2 Å². The van der Waals surface area contributed by atoms with Gasteiger partial charge in [-0.1, -0.05) is 77.9 Å². The minimum atomic E-state index is -4.37. The van der Waals surface area contributed by atoms with Crippen LogP contribution in [0, 0.1) is 26.6 Å². The standard InChI is InChI=1S/C20H19F3O.C8H10FN/c1-13-8-14(2)10-18(9-13)19(20(21,22)23)7-5-16-4-6-17(12-24)15(3)11-16;1-10-6-7-4-2-3-5-8(7)9/h4-12,19H,1-3H3;2-5,10H,6H2,1H3/b7-5+;. The van der Waals surface area contributed by atoms with Gasteiger partial charge in [-0.25, -0.2) is 4.39 Å². The van der Waals surface area contributed by atoms with Gasteiger partial charge in [-0.2, -0.15) is 13.2 Å². The smallest absolute Gasteiger partial charge is 0.316 e. The average Bonchev–Trinajstić information content (AvgIpc) is 2.75. The maximum absolute atomic E-state index is 13.5. The summed E-state index contributed by atoms with van der Waals surface area (Å²) in [6.45, 7) is 5.92. The molecule has 0 amide bonds. The third-order valence-electron chi connectivity index (χ3n) is 5.18. The Kier molecular flexibility index (Phi) is 9.75. The van der Waals surface area contributed by atoms with Crippen molar-refractivity contribution in [3.8, 4) is 0 Å². The summed E-state index contributed by atoms with van der Waals surface area (Å²) >= 11 is 0. The number of hydrogen-bond acceptors (Lipinski definition) is 2. The van der Waals surface area contributed by atoms with E-state index in [1.807, 2.05) is 12.1 Å². The first kappa shape index (κ1) is 27.0. The molecular formula is C28H29F4NO. The summed E-state index contributed by atoms with van der Waals surface area (Å²) in [5.41, 5.74) is 4.47. The van der Waals surface area contributed by atoms with Crippen LogP contribution in [0.5, 0.6) is 0 Å². The van der Waals surface area contributed by atoms with Gasteiger partial charge in [0.1, 0.15) is 12.1 Å². The van der Waals surface area contributed by atoms with Gasteiger partial charge in [-0.05, 0) is 50.6 Å². The highest BCUT2D eigenvalue weighted by Crippen LogP contribution is 2.37. The van der Waals surface area contributed by atoms with Gasteiger partial charge in [-0.15, -0.1) is 0 Å². The number of aryl methyl sites for hydroxylation is 3. The van der Waals surface area contributed by atoms with Crippen molar-refractivity contribution in [1.29, 1.82) is 0 Å². The number of benzene rings is 3. The van der Waals surface area contributed by atoms with Crippen LogP contribution in [0.15, 0.2) is 66.7 Å². The minimum absolute atomic E-state index is 0.142. The Hall–Kier alpha value is -3.25. The van der Waals surface area contributed by atoms with Crippen LogP contribution in [0.25, 0.3) is 6.08 Å². The SMILES string of the molecule is CNCc1ccccc1F.Cc1cc(C)cc(C(/C=C/c2ccc(C=O)c(C)c2)C(F)(F)F)c1. The zero-order valence-electron chi connectivity index (χ0n) is 19.7. The Morgan fingerprint density at radius 3 is 2.12 bits per heavy atom. The first-order valence-corrected chi connectivity index (χ1v) is 10.8. The molecule has 1 unspecified atom stereocenters. The first-order chi connectivity index (χ1) is 16.0. The molecule has 3 aromatic rings. The van der Waals surface area contributed by atoms with E-state index >= 15 is 0 Å². The van der Waals surface area contributed by atoms with Crippen LogP contribution >= 0.6 is 0 Å². The fraction of sp³-hybridized carbons (Fsp3) is 0.250. The van der Waals surface area contributed by atoms with E-state index in [4.69, 9.17) is 0 Å². The van der Waals surface area contributed by atoms with Crippen molar-refractivity contribution in [3.63, 3.8) is 0 Å². The molecule has 2 nitrogen and oxygen atoms in total.